The van der Waals surface area contributed by atoms with Crippen LogP contribution in [0.4, 0.5) is 0 Å². The molecule has 0 aromatic heterocycles. The summed E-state index contributed by atoms with van der Waals surface area (Å²) in [4.78, 5) is 21.9. The third-order valence-electron chi connectivity index (χ3n) is 3.04. The van der Waals surface area contributed by atoms with Gasteiger partial charge in [0.1, 0.15) is 0 Å². The number of aliphatic carboxylic acids is 1. The van der Waals surface area contributed by atoms with E-state index in [-0.39, 0.29) is 12.3 Å². The zero-order valence-electron chi connectivity index (χ0n) is 11.6. The van der Waals surface area contributed by atoms with Crippen molar-refractivity contribution in [1.82, 2.24) is 5.32 Å². The zero-order valence-corrected chi connectivity index (χ0v) is 11.6. The number of carbonyl (C=O) groups is 2. The molecule has 1 atom stereocenters. The van der Waals surface area contributed by atoms with Crippen LogP contribution in [0.15, 0.2) is 0 Å². The molecule has 0 heterocycles. The Morgan fingerprint density at radius 3 is 2.39 bits per heavy atom. The fourth-order valence-electron chi connectivity index (χ4n) is 1.80. The monoisotopic (exact) mass is 259 g/mol. The lowest BCUT2D eigenvalue weighted by Crippen LogP contribution is -2.27. The first-order valence-electron chi connectivity index (χ1n) is 6.44. The Labute approximate surface area is 109 Å². The highest BCUT2D eigenvalue weighted by atomic mass is 16.5. The summed E-state index contributed by atoms with van der Waals surface area (Å²) in [6.45, 7) is 5.20. The molecular formula is C13H25NO4. The number of nitrogens with one attached hydrogen (secondary N) is 1. The van der Waals surface area contributed by atoms with Crippen LogP contribution in [0.3, 0.4) is 0 Å². The van der Waals surface area contributed by atoms with Crippen LogP contribution >= 0.6 is 0 Å². The number of carboxylic acid groups (broad SMARTS) is 1. The number of ether oxygens (including phenoxy) is 1. The minimum absolute atomic E-state index is 0.0161. The molecule has 0 fully saturated rings. The highest BCUT2D eigenvalue weighted by Crippen LogP contribution is 2.20. The quantitative estimate of drug-likeness (QED) is 0.625. The van der Waals surface area contributed by atoms with Gasteiger partial charge in [0.25, 0.3) is 0 Å². The summed E-state index contributed by atoms with van der Waals surface area (Å²) in [5, 5.41) is 11.5. The van der Waals surface area contributed by atoms with Gasteiger partial charge in [0.05, 0.1) is 6.61 Å². The zero-order chi connectivity index (χ0) is 14.0. The van der Waals surface area contributed by atoms with Crippen molar-refractivity contribution in [1.29, 1.82) is 0 Å². The molecule has 18 heavy (non-hydrogen) atoms. The highest BCUT2D eigenvalue weighted by molar-refractivity contribution is 5.75. The molecule has 1 amide bonds. The van der Waals surface area contributed by atoms with Crippen molar-refractivity contribution in [2.75, 3.05) is 20.3 Å². The number of carbonyl (C=O) groups excluding carboxylic acids is 1. The molecule has 2 N–H and O–H groups in total. The summed E-state index contributed by atoms with van der Waals surface area (Å²) in [5.41, 5.74) is 0. The summed E-state index contributed by atoms with van der Waals surface area (Å²) in [5.74, 6) is -0.00794. The second kappa shape index (κ2) is 9.88. The van der Waals surface area contributed by atoms with Gasteiger partial charge in [0, 0.05) is 26.5 Å². The van der Waals surface area contributed by atoms with Gasteiger partial charge in [0.15, 0.2) is 0 Å². The second-order valence-electron chi connectivity index (χ2n) is 4.82. The Hall–Kier alpha value is -1.10. The topological polar surface area (TPSA) is 75.6 Å². The first-order valence-corrected chi connectivity index (χ1v) is 6.44. The van der Waals surface area contributed by atoms with Gasteiger partial charge in [-0.3, -0.25) is 9.59 Å². The molecule has 0 aromatic carbocycles. The standard InChI is InChI=1S/C13H25NO4/c1-10(2)11(4-5-13(16)17)6-8-14-12(15)7-9-18-3/h10-11H,4-9H2,1-3H3,(H,14,15)(H,16,17). The molecule has 5 heteroatoms. The van der Waals surface area contributed by atoms with Crippen molar-refractivity contribution in [3.05, 3.63) is 0 Å². The maximum atomic E-state index is 11.3. The van der Waals surface area contributed by atoms with Crippen LogP contribution < -0.4 is 5.32 Å². The van der Waals surface area contributed by atoms with Crippen molar-refractivity contribution in [2.45, 2.75) is 39.5 Å². The van der Waals surface area contributed by atoms with E-state index in [1.54, 1.807) is 7.11 Å². The van der Waals surface area contributed by atoms with Crippen LogP contribution in [0.2, 0.25) is 0 Å². The largest absolute Gasteiger partial charge is 0.481 e. The molecular weight excluding hydrogens is 234 g/mol. The van der Waals surface area contributed by atoms with Gasteiger partial charge in [0.2, 0.25) is 5.91 Å². The van der Waals surface area contributed by atoms with E-state index in [0.717, 1.165) is 6.42 Å². The first kappa shape index (κ1) is 16.9. The van der Waals surface area contributed by atoms with E-state index >= 15 is 0 Å². The Balaban J connectivity index is 3.82. The molecule has 5 nitrogen and oxygen atoms in total. The minimum Gasteiger partial charge on any atom is -0.481 e. The van der Waals surface area contributed by atoms with Crippen LogP contribution in [-0.2, 0) is 14.3 Å². The summed E-state index contributed by atoms with van der Waals surface area (Å²) >= 11 is 0. The van der Waals surface area contributed by atoms with Crippen molar-refractivity contribution >= 4 is 11.9 Å². The average molecular weight is 259 g/mol. The Bertz CT molecular complexity index is 253. The number of carboxylic acids is 1. The SMILES string of the molecule is COCCC(=O)NCCC(CCC(=O)O)C(C)C. The van der Waals surface area contributed by atoms with Crippen LogP contribution in [0.1, 0.15) is 39.5 Å². The lowest BCUT2D eigenvalue weighted by atomic mass is 9.88. The van der Waals surface area contributed by atoms with E-state index in [1.165, 1.54) is 0 Å². The highest BCUT2D eigenvalue weighted by Gasteiger charge is 2.15. The van der Waals surface area contributed by atoms with Crippen LogP contribution in [0, 0.1) is 11.8 Å². The Kier molecular flexibility index (Phi) is 9.28. The van der Waals surface area contributed by atoms with E-state index in [2.05, 4.69) is 19.2 Å². The lowest BCUT2D eigenvalue weighted by Gasteiger charge is -2.20. The van der Waals surface area contributed by atoms with Crippen LogP contribution in [-0.4, -0.2) is 37.2 Å². The Morgan fingerprint density at radius 1 is 1.22 bits per heavy atom. The number of amides is 1. The van der Waals surface area contributed by atoms with Crippen LogP contribution in [0.25, 0.3) is 0 Å². The van der Waals surface area contributed by atoms with E-state index in [4.69, 9.17) is 9.84 Å². The molecule has 0 spiro atoms. The maximum absolute atomic E-state index is 11.3. The summed E-state index contributed by atoms with van der Waals surface area (Å²) < 4.78 is 4.82. The first-order chi connectivity index (χ1) is 8.47. The van der Waals surface area contributed by atoms with Gasteiger partial charge >= 0.3 is 5.97 Å². The summed E-state index contributed by atoms with van der Waals surface area (Å²) in [6.07, 6.45) is 2.06. The molecule has 0 saturated carbocycles. The fraction of sp³-hybridized carbons (Fsp3) is 0.846. The van der Waals surface area contributed by atoms with Gasteiger partial charge in [-0.2, -0.15) is 0 Å². The van der Waals surface area contributed by atoms with E-state index in [0.29, 0.717) is 37.8 Å². The third kappa shape index (κ3) is 8.98. The Morgan fingerprint density at radius 2 is 1.89 bits per heavy atom. The van der Waals surface area contributed by atoms with Crippen LogP contribution in [0.5, 0.6) is 0 Å². The van der Waals surface area contributed by atoms with Gasteiger partial charge in [-0.25, -0.2) is 0 Å². The lowest BCUT2D eigenvalue weighted by molar-refractivity contribution is -0.137. The molecule has 0 bridgehead atoms. The van der Waals surface area contributed by atoms with Crippen molar-refractivity contribution < 1.29 is 19.4 Å². The average Bonchev–Trinajstić information content (AvgIpc) is 2.30. The van der Waals surface area contributed by atoms with E-state index in [9.17, 15) is 9.59 Å². The predicted molar refractivity (Wildman–Crippen MR) is 69.3 cm³/mol. The van der Waals surface area contributed by atoms with E-state index < -0.39 is 5.97 Å². The van der Waals surface area contributed by atoms with Gasteiger partial charge < -0.3 is 15.2 Å². The molecule has 0 radical (unpaired) electrons. The molecule has 0 rings (SSSR count). The molecule has 0 saturated heterocycles. The number of hydrogen-bond donors (Lipinski definition) is 2. The molecule has 0 aliphatic rings. The normalized spacial score (nSPS) is 12.4. The fourth-order valence-corrected chi connectivity index (χ4v) is 1.80. The van der Waals surface area contributed by atoms with Gasteiger partial charge in [-0.05, 0) is 24.7 Å². The molecule has 0 aliphatic heterocycles. The summed E-state index contributed by atoms with van der Waals surface area (Å²) in [7, 11) is 1.56. The van der Waals surface area contributed by atoms with Crippen molar-refractivity contribution in [2.24, 2.45) is 11.8 Å². The molecule has 0 aromatic rings. The molecule has 106 valence electrons. The smallest absolute Gasteiger partial charge is 0.303 e. The maximum Gasteiger partial charge on any atom is 0.303 e. The second-order valence-corrected chi connectivity index (χ2v) is 4.82. The molecule has 0 aliphatic carbocycles. The number of rotatable bonds is 10. The van der Waals surface area contributed by atoms with Gasteiger partial charge in [-0.15, -0.1) is 0 Å². The van der Waals surface area contributed by atoms with Gasteiger partial charge in [-0.1, -0.05) is 13.8 Å². The van der Waals surface area contributed by atoms with E-state index in [1.807, 2.05) is 0 Å². The van der Waals surface area contributed by atoms with Crippen molar-refractivity contribution in [3.63, 3.8) is 0 Å². The number of hydrogen-bond acceptors (Lipinski definition) is 3. The number of methoxy groups -OCH3 is 1. The van der Waals surface area contributed by atoms with Crippen molar-refractivity contribution in [3.8, 4) is 0 Å². The molecule has 1 unspecified atom stereocenters. The minimum atomic E-state index is -0.759. The summed E-state index contributed by atoms with van der Waals surface area (Å²) in [6, 6.07) is 0. The third-order valence-corrected chi connectivity index (χ3v) is 3.04. The predicted octanol–water partition coefficient (Wildman–Crippen LogP) is 1.67.